The van der Waals surface area contributed by atoms with Crippen molar-refractivity contribution in [2.45, 2.75) is 25.1 Å². The van der Waals surface area contributed by atoms with Crippen LogP contribution in [-0.2, 0) is 17.5 Å². The van der Waals surface area contributed by atoms with Gasteiger partial charge in [0.1, 0.15) is 5.82 Å². The topological polar surface area (TPSA) is 48.0 Å². The summed E-state index contributed by atoms with van der Waals surface area (Å²) in [6, 6.07) is 18.6. The zero-order chi connectivity index (χ0) is 22.9. The van der Waals surface area contributed by atoms with Crippen molar-refractivity contribution in [3.05, 3.63) is 107 Å². The maximum absolute atomic E-state index is 13.3. The van der Waals surface area contributed by atoms with Gasteiger partial charge < -0.3 is 10.3 Å². The highest BCUT2D eigenvalue weighted by Crippen LogP contribution is 2.37. The lowest BCUT2D eigenvalue weighted by molar-refractivity contribution is -0.137. The van der Waals surface area contributed by atoms with Crippen molar-refractivity contribution in [3.63, 3.8) is 0 Å². The minimum Gasteiger partial charge on any atom is -0.370 e. The Balaban J connectivity index is 1.83. The van der Waals surface area contributed by atoms with Gasteiger partial charge in [-0.25, -0.2) is 4.39 Å². The Morgan fingerprint density at radius 2 is 1.69 bits per heavy atom. The number of carbonyl (C=O) groups is 1. The minimum absolute atomic E-state index is 0.133. The van der Waals surface area contributed by atoms with E-state index < -0.39 is 23.6 Å². The molecule has 3 nitrogen and oxygen atoms in total. The largest absolute Gasteiger partial charge is 0.416 e. The van der Waals surface area contributed by atoms with Gasteiger partial charge in [-0.2, -0.15) is 13.2 Å². The van der Waals surface area contributed by atoms with Gasteiger partial charge in [-0.3, -0.25) is 4.79 Å². The fourth-order valence-corrected chi connectivity index (χ4v) is 4.01. The Hall–Kier alpha value is -3.61. The van der Waals surface area contributed by atoms with Gasteiger partial charge in [-0.05, 0) is 41.0 Å². The number of benzene rings is 3. The third-order valence-corrected chi connectivity index (χ3v) is 5.48. The van der Waals surface area contributed by atoms with E-state index >= 15 is 0 Å². The van der Waals surface area contributed by atoms with Crippen LogP contribution in [0.2, 0.25) is 0 Å². The van der Waals surface area contributed by atoms with Crippen molar-refractivity contribution < 1.29 is 22.4 Å². The molecule has 7 heteroatoms. The van der Waals surface area contributed by atoms with Crippen LogP contribution < -0.4 is 5.73 Å². The van der Waals surface area contributed by atoms with Gasteiger partial charge in [0.2, 0.25) is 5.91 Å². The number of primary amides is 1. The minimum atomic E-state index is -4.50. The molecule has 0 aliphatic rings. The quantitative estimate of drug-likeness (QED) is 0.376. The number of nitrogens with two attached hydrogens (primary N) is 1. The molecule has 0 unspecified atom stereocenters. The predicted molar refractivity (Wildman–Crippen MR) is 115 cm³/mol. The highest BCUT2D eigenvalue weighted by Gasteiger charge is 2.31. The van der Waals surface area contributed by atoms with Crippen LogP contribution in [0.4, 0.5) is 17.6 Å². The summed E-state index contributed by atoms with van der Waals surface area (Å²) in [6.45, 7) is 0.437. The van der Waals surface area contributed by atoms with E-state index in [1.165, 1.54) is 18.2 Å². The van der Waals surface area contributed by atoms with Gasteiger partial charge in [0.05, 0.1) is 5.56 Å². The van der Waals surface area contributed by atoms with E-state index in [0.29, 0.717) is 17.7 Å². The molecule has 0 bridgehead atoms. The lowest BCUT2D eigenvalue weighted by Gasteiger charge is -2.17. The number of carbonyl (C=O) groups excluding carboxylic acids is 1. The summed E-state index contributed by atoms with van der Waals surface area (Å²) in [6.07, 6.45) is -2.79. The number of nitrogens with zero attached hydrogens (tertiary/aromatic N) is 1. The molecule has 4 rings (SSSR count). The first-order chi connectivity index (χ1) is 15.2. The number of aromatic nitrogens is 1. The molecule has 3 aromatic carbocycles. The molecule has 0 radical (unpaired) electrons. The lowest BCUT2D eigenvalue weighted by atomic mass is 9.87. The predicted octanol–water partition coefficient (Wildman–Crippen LogP) is 5.85. The monoisotopic (exact) mass is 440 g/mol. The smallest absolute Gasteiger partial charge is 0.370 e. The highest BCUT2D eigenvalue weighted by atomic mass is 19.4. The number of halogens is 4. The second-order valence-electron chi connectivity index (χ2n) is 7.70. The third-order valence-electron chi connectivity index (χ3n) is 5.48. The van der Waals surface area contributed by atoms with E-state index in [1.807, 2.05) is 35.0 Å². The van der Waals surface area contributed by atoms with Crippen molar-refractivity contribution >= 4 is 16.8 Å². The molecule has 2 N–H and O–H groups in total. The number of fused-ring (bicyclic) bond motifs is 1. The molecule has 1 heterocycles. The third kappa shape index (κ3) is 4.51. The van der Waals surface area contributed by atoms with Crippen LogP contribution in [0.25, 0.3) is 10.9 Å². The standard InChI is InChI=1S/C25H20F4N2O/c26-19-10-8-16(9-11-19)14-31-15-22(20-6-1-2-7-23(20)31)21(13-24(30)32)17-4-3-5-18(12-17)25(27,28)29/h1-12,15,21H,13-14H2,(H2,30,32)/t21-/m0/s1. The number of amides is 1. The molecule has 4 aromatic rings. The summed E-state index contributed by atoms with van der Waals surface area (Å²) in [7, 11) is 0. The Bertz CT molecular complexity index is 1260. The van der Waals surface area contributed by atoms with E-state index in [0.717, 1.165) is 28.6 Å². The highest BCUT2D eigenvalue weighted by molar-refractivity contribution is 5.86. The first-order valence-electron chi connectivity index (χ1n) is 10.00. The molecular weight excluding hydrogens is 420 g/mol. The zero-order valence-corrected chi connectivity index (χ0v) is 16.9. The molecule has 32 heavy (non-hydrogen) atoms. The molecule has 0 fully saturated rings. The van der Waals surface area contributed by atoms with E-state index in [4.69, 9.17) is 5.73 Å². The van der Waals surface area contributed by atoms with Gasteiger partial charge in [0.25, 0.3) is 0 Å². The fraction of sp³-hybridized carbons (Fsp3) is 0.160. The number of hydrogen-bond acceptors (Lipinski definition) is 1. The summed E-state index contributed by atoms with van der Waals surface area (Å²) in [5.74, 6) is -1.59. The van der Waals surface area contributed by atoms with E-state index in [1.54, 1.807) is 18.2 Å². The second kappa shape index (κ2) is 8.49. The molecule has 0 saturated heterocycles. The lowest BCUT2D eigenvalue weighted by Crippen LogP contribution is -2.17. The van der Waals surface area contributed by atoms with Gasteiger partial charge >= 0.3 is 6.18 Å². The molecule has 0 aliphatic heterocycles. The summed E-state index contributed by atoms with van der Waals surface area (Å²) >= 11 is 0. The summed E-state index contributed by atoms with van der Waals surface area (Å²) in [5, 5.41) is 0.818. The molecular formula is C25H20F4N2O. The maximum atomic E-state index is 13.3. The molecule has 0 spiro atoms. The summed E-state index contributed by atoms with van der Waals surface area (Å²) in [4.78, 5) is 11.9. The molecule has 1 amide bonds. The van der Waals surface area contributed by atoms with Crippen LogP contribution >= 0.6 is 0 Å². The fourth-order valence-electron chi connectivity index (χ4n) is 4.01. The Labute approximate surface area is 182 Å². The van der Waals surface area contributed by atoms with Crippen molar-refractivity contribution in [1.29, 1.82) is 0 Å². The van der Waals surface area contributed by atoms with Gasteiger partial charge in [-0.1, -0.05) is 48.5 Å². The Kier molecular flexibility index (Phi) is 5.74. The molecule has 1 atom stereocenters. The van der Waals surface area contributed by atoms with E-state index in [2.05, 4.69) is 0 Å². The second-order valence-corrected chi connectivity index (χ2v) is 7.70. The Morgan fingerprint density at radius 1 is 0.969 bits per heavy atom. The number of hydrogen-bond donors (Lipinski definition) is 1. The average Bonchev–Trinajstić information content (AvgIpc) is 3.11. The van der Waals surface area contributed by atoms with Crippen LogP contribution in [0.3, 0.4) is 0 Å². The molecule has 0 saturated carbocycles. The van der Waals surface area contributed by atoms with Gasteiger partial charge in [0.15, 0.2) is 0 Å². The van der Waals surface area contributed by atoms with Crippen molar-refractivity contribution in [2.24, 2.45) is 5.73 Å². The number of alkyl halides is 3. The summed E-state index contributed by atoms with van der Waals surface area (Å²) in [5.41, 5.74) is 7.49. The van der Waals surface area contributed by atoms with Gasteiger partial charge in [-0.15, -0.1) is 0 Å². The van der Waals surface area contributed by atoms with Crippen LogP contribution in [0, 0.1) is 5.82 Å². The van der Waals surface area contributed by atoms with Crippen LogP contribution in [0.15, 0.2) is 79.0 Å². The van der Waals surface area contributed by atoms with E-state index in [9.17, 15) is 22.4 Å². The number of para-hydroxylation sites is 1. The first kappa shape index (κ1) is 21.6. The molecule has 1 aromatic heterocycles. The average molecular weight is 440 g/mol. The Morgan fingerprint density at radius 3 is 2.38 bits per heavy atom. The molecule has 164 valence electrons. The SMILES string of the molecule is NC(=O)C[C@@H](c1cccc(C(F)(F)F)c1)c1cn(Cc2ccc(F)cc2)c2ccccc12. The van der Waals surface area contributed by atoms with Crippen molar-refractivity contribution in [1.82, 2.24) is 4.57 Å². The molecule has 0 aliphatic carbocycles. The normalized spacial score (nSPS) is 12.8. The number of rotatable bonds is 6. The van der Waals surface area contributed by atoms with Crippen LogP contribution in [0.5, 0.6) is 0 Å². The first-order valence-corrected chi connectivity index (χ1v) is 10.00. The maximum Gasteiger partial charge on any atom is 0.416 e. The van der Waals surface area contributed by atoms with Crippen LogP contribution in [-0.4, -0.2) is 10.5 Å². The summed E-state index contributed by atoms with van der Waals surface area (Å²) < 4.78 is 55.1. The van der Waals surface area contributed by atoms with Crippen LogP contribution in [0.1, 0.15) is 34.6 Å². The van der Waals surface area contributed by atoms with Crippen molar-refractivity contribution in [2.75, 3.05) is 0 Å². The van der Waals surface area contributed by atoms with Crippen molar-refractivity contribution in [3.8, 4) is 0 Å². The van der Waals surface area contributed by atoms with E-state index in [-0.39, 0.29) is 12.2 Å². The van der Waals surface area contributed by atoms with Gasteiger partial charge in [0, 0.05) is 36.0 Å². The zero-order valence-electron chi connectivity index (χ0n) is 16.9.